The maximum absolute atomic E-state index is 12.1. The zero-order valence-electron chi connectivity index (χ0n) is 11.4. The number of carbonyl (C=O) groups excluding carboxylic acids is 2. The summed E-state index contributed by atoms with van der Waals surface area (Å²) < 4.78 is 0. The van der Waals surface area contributed by atoms with Crippen LogP contribution in [0.2, 0.25) is 0 Å². The number of aliphatic carboxylic acids is 1. The second kappa shape index (κ2) is 4.92. The number of hydrogen-bond acceptors (Lipinski definition) is 4. The van der Waals surface area contributed by atoms with Crippen molar-refractivity contribution in [3.63, 3.8) is 0 Å². The Hall–Kier alpha value is -1.43. The molecule has 0 aliphatic carbocycles. The van der Waals surface area contributed by atoms with E-state index in [0.717, 1.165) is 0 Å². The van der Waals surface area contributed by atoms with Crippen LogP contribution in [0.4, 0.5) is 0 Å². The molecule has 0 aromatic rings. The summed E-state index contributed by atoms with van der Waals surface area (Å²) in [7, 11) is 0. The molecule has 2 aliphatic heterocycles. The van der Waals surface area contributed by atoms with Gasteiger partial charge in [-0.15, -0.1) is 0 Å². The zero-order valence-corrected chi connectivity index (χ0v) is 11.4. The summed E-state index contributed by atoms with van der Waals surface area (Å²) in [6, 6.07) is -0.458. The van der Waals surface area contributed by atoms with Crippen molar-refractivity contribution in [3.8, 4) is 0 Å². The van der Waals surface area contributed by atoms with Crippen LogP contribution in [-0.2, 0) is 14.4 Å². The summed E-state index contributed by atoms with van der Waals surface area (Å²) in [5.41, 5.74) is -0.761. The van der Waals surface area contributed by atoms with Crippen LogP contribution in [0, 0.1) is 5.41 Å². The molecule has 106 valence electrons. The van der Waals surface area contributed by atoms with Gasteiger partial charge in [0.1, 0.15) is 0 Å². The molecule has 0 aromatic heterocycles. The van der Waals surface area contributed by atoms with Gasteiger partial charge in [0, 0.05) is 19.6 Å². The molecule has 0 radical (unpaired) electrons. The van der Waals surface area contributed by atoms with Crippen molar-refractivity contribution in [2.45, 2.75) is 39.2 Å². The van der Waals surface area contributed by atoms with E-state index < -0.39 is 17.4 Å². The predicted octanol–water partition coefficient (Wildman–Crippen LogP) is 0.320. The van der Waals surface area contributed by atoms with Crippen LogP contribution in [0.15, 0.2) is 0 Å². The lowest BCUT2D eigenvalue weighted by Gasteiger charge is -2.25. The molecule has 0 saturated carbocycles. The minimum atomic E-state index is -0.804. The molecule has 2 unspecified atom stereocenters. The first-order chi connectivity index (χ1) is 8.95. The molecule has 2 saturated heterocycles. The number of amides is 2. The van der Waals surface area contributed by atoms with Crippen LogP contribution in [0.1, 0.15) is 33.1 Å². The SMILES string of the molecule is CCN1C(=O)CC(N2CCC(CC)(C(=O)O)C2)C1=O. The number of carboxylic acids is 1. The van der Waals surface area contributed by atoms with Crippen molar-refractivity contribution in [2.75, 3.05) is 19.6 Å². The number of nitrogens with zero attached hydrogens (tertiary/aromatic N) is 2. The van der Waals surface area contributed by atoms with Gasteiger partial charge in [-0.25, -0.2) is 0 Å². The Labute approximate surface area is 112 Å². The van der Waals surface area contributed by atoms with Crippen molar-refractivity contribution >= 4 is 17.8 Å². The van der Waals surface area contributed by atoms with Gasteiger partial charge in [0.05, 0.1) is 17.9 Å². The van der Waals surface area contributed by atoms with E-state index in [1.807, 2.05) is 11.8 Å². The molecule has 2 amide bonds. The highest BCUT2D eigenvalue weighted by atomic mass is 16.4. The Balaban J connectivity index is 2.12. The van der Waals surface area contributed by atoms with E-state index in [1.165, 1.54) is 4.90 Å². The third-order valence-corrected chi connectivity index (χ3v) is 4.49. The van der Waals surface area contributed by atoms with Gasteiger partial charge in [0.25, 0.3) is 0 Å². The van der Waals surface area contributed by atoms with E-state index in [-0.39, 0.29) is 18.2 Å². The summed E-state index contributed by atoms with van der Waals surface area (Å²) in [6.07, 6.45) is 1.28. The van der Waals surface area contributed by atoms with Crippen LogP contribution >= 0.6 is 0 Å². The molecule has 2 fully saturated rings. The fraction of sp³-hybridized carbons (Fsp3) is 0.769. The van der Waals surface area contributed by atoms with Gasteiger partial charge >= 0.3 is 5.97 Å². The van der Waals surface area contributed by atoms with Gasteiger partial charge in [-0.1, -0.05) is 6.92 Å². The minimum Gasteiger partial charge on any atom is -0.481 e. The van der Waals surface area contributed by atoms with Crippen LogP contribution < -0.4 is 0 Å². The Kier molecular flexibility index (Phi) is 3.62. The monoisotopic (exact) mass is 268 g/mol. The van der Waals surface area contributed by atoms with Crippen LogP contribution in [0.5, 0.6) is 0 Å². The fourth-order valence-corrected chi connectivity index (χ4v) is 3.07. The average Bonchev–Trinajstić information content (AvgIpc) is 2.92. The highest BCUT2D eigenvalue weighted by molar-refractivity contribution is 6.05. The standard InChI is InChI=1S/C13H20N2O4/c1-3-13(12(18)19)5-6-14(8-13)9-7-10(16)15(4-2)11(9)17/h9H,3-8H2,1-2H3,(H,18,19). The molecule has 6 heteroatoms. The molecule has 0 spiro atoms. The number of imide groups is 1. The number of likely N-dealkylation sites (N-methyl/N-ethyl adjacent to an activating group) is 1. The van der Waals surface area contributed by atoms with E-state index in [0.29, 0.717) is 32.5 Å². The largest absolute Gasteiger partial charge is 0.481 e. The molecular weight excluding hydrogens is 248 g/mol. The summed E-state index contributed by atoms with van der Waals surface area (Å²) in [4.78, 5) is 38.4. The van der Waals surface area contributed by atoms with E-state index >= 15 is 0 Å². The molecule has 2 aliphatic rings. The minimum absolute atomic E-state index is 0.151. The number of carbonyl (C=O) groups is 3. The Morgan fingerprint density at radius 3 is 2.53 bits per heavy atom. The highest BCUT2D eigenvalue weighted by Gasteiger charge is 2.49. The fourth-order valence-electron chi connectivity index (χ4n) is 3.07. The molecular formula is C13H20N2O4. The van der Waals surface area contributed by atoms with Crippen LogP contribution in [0.3, 0.4) is 0 Å². The third-order valence-electron chi connectivity index (χ3n) is 4.49. The number of likely N-dealkylation sites (tertiary alicyclic amines) is 2. The van der Waals surface area contributed by atoms with Gasteiger partial charge < -0.3 is 5.11 Å². The molecule has 2 atom stereocenters. The highest BCUT2D eigenvalue weighted by Crippen LogP contribution is 2.36. The summed E-state index contributed by atoms with van der Waals surface area (Å²) in [5, 5.41) is 9.35. The van der Waals surface area contributed by atoms with Gasteiger partial charge in [-0.2, -0.15) is 0 Å². The van der Waals surface area contributed by atoms with E-state index in [4.69, 9.17) is 0 Å². The van der Waals surface area contributed by atoms with Crippen LogP contribution in [0.25, 0.3) is 0 Å². The molecule has 0 bridgehead atoms. The molecule has 2 heterocycles. The molecule has 2 rings (SSSR count). The summed E-state index contributed by atoms with van der Waals surface area (Å²) in [5.74, 6) is -1.13. The number of carboxylic acid groups (broad SMARTS) is 1. The Bertz CT molecular complexity index is 423. The zero-order chi connectivity index (χ0) is 14.2. The number of rotatable bonds is 4. The molecule has 19 heavy (non-hydrogen) atoms. The second-order valence-electron chi connectivity index (χ2n) is 5.36. The van der Waals surface area contributed by atoms with E-state index in [2.05, 4.69) is 0 Å². The lowest BCUT2D eigenvalue weighted by molar-refractivity contribution is -0.149. The van der Waals surface area contributed by atoms with Crippen LogP contribution in [-0.4, -0.2) is 58.4 Å². The second-order valence-corrected chi connectivity index (χ2v) is 5.36. The van der Waals surface area contributed by atoms with Gasteiger partial charge in [-0.05, 0) is 19.8 Å². The summed E-state index contributed by atoms with van der Waals surface area (Å²) in [6.45, 7) is 4.95. The van der Waals surface area contributed by atoms with Crippen molar-refractivity contribution in [1.82, 2.24) is 9.80 Å². The lowest BCUT2D eigenvalue weighted by Crippen LogP contribution is -2.43. The quantitative estimate of drug-likeness (QED) is 0.743. The maximum atomic E-state index is 12.1. The first-order valence-electron chi connectivity index (χ1n) is 6.77. The van der Waals surface area contributed by atoms with Gasteiger partial charge in [0.15, 0.2) is 0 Å². The number of hydrogen-bond donors (Lipinski definition) is 1. The average molecular weight is 268 g/mol. The van der Waals surface area contributed by atoms with E-state index in [9.17, 15) is 19.5 Å². The molecule has 1 N–H and O–H groups in total. The first kappa shape index (κ1) is 14.0. The van der Waals surface area contributed by atoms with Crippen molar-refractivity contribution in [2.24, 2.45) is 5.41 Å². The predicted molar refractivity (Wildman–Crippen MR) is 67.3 cm³/mol. The van der Waals surface area contributed by atoms with Gasteiger partial charge in [0.2, 0.25) is 11.8 Å². The Morgan fingerprint density at radius 1 is 1.42 bits per heavy atom. The van der Waals surface area contributed by atoms with E-state index in [1.54, 1.807) is 6.92 Å². The maximum Gasteiger partial charge on any atom is 0.310 e. The normalized spacial score (nSPS) is 32.3. The van der Waals surface area contributed by atoms with Gasteiger partial charge in [-0.3, -0.25) is 24.2 Å². The third kappa shape index (κ3) is 2.14. The van der Waals surface area contributed by atoms with Crippen molar-refractivity contribution in [1.29, 1.82) is 0 Å². The topological polar surface area (TPSA) is 77.9 Å². The molecule has 6 nitrogen and oxygen atoms in total. The first-order valence-corrected chi connectivity index (χ1v) is 6.77. The van der Waals surface area contributed by atoms with Crippen molar-refractivity contribution in [3.05, 3.63) is 0 Å². The lowest BCUT2D eigenvalue weighted by atomic mass is 9.84. The van der Waals surface area contributed by atoms with Crippen molar-refractivity contribution < 1.29 is 19.5 Å². The molecule has 0 aromatic carbocycles. The Morgan fingerprint density at radius 2 is 2.11 bits per heavy atom. The summed E-state index contributed by atoms with van der Waals surface area (Å²) >= 11 is 0. The smallest absolute Gasteiger partial charge is 0.310 e.